The van der Waals surface area contributed by atoms with E-state index in [1.165, 1.54) is 23.2 Å². The molecule has 0 amide bonds. The summed E-state index contributed by atoms with van der Waals surface area (Å²) < 4.78 is 0. The van der Waals surface area contributed by atoms with Crippen LogP contribution in [0.1, 0.15) is 38.2 Å². The van der Waals surface area contributed by atoms with Crippen LogP contribution in [0.25, 0.3) is 6.08 Å². The number of aliphatic hydroxyl groups excluding tert-OH is 1. The predicted molar refractivity (Wildman–Crippen MR) is 132 cm³/mol. The van der Waals surface area contributed by atoms with Crippen molar-refractivity contribution in [3.63, 3.8) is 0 Å². The first kappa shape index (κ1) is 22.8. The van der Waals surface area contributed by atoms with Crippen molar-refractivity contribution >= 4 is 29.1 Å². The molecule has 170 valence electrons. The molecule has 1 aliphatic heterocycles. The summed E-state index contributed by atoms with van der Waals surface area (Å²) >= 11 is 6.02. The van der Waals surface area contributed by atoms with Gasteiger partial charge in [-0.1, -0.05) is 47.1 Å². The summed E-state index contributed by atoms with van der Waals surface area (Å²) in [5.41, 5.74) is 4.59. The molecule has 2 aliphatic rings. The first-order valence-electron chi connectivity index (χ1n) is 11.5. The fourth-order valence-electron chi connectivity index (χ4n) is 4.39. The van der Waals surface area contributed by atoms with Crippen LogP contribution in [0.15, 0.2) is 65.3 Å². The van der Waals surface area contributed by atoms with Gasteiger partial charge in [-0.3, -0.25) is 4.90 Å². The summed E-state index contributed by atoms with van der Waals surface area (Å²) in [5.74, 6) is 0. The summed E-state index contributed by atoms with van der Waals surface area (Å²) in [6.07, 6.45) is 5.34. The Hall–Kier alpha value is -2.34. The van der Waals surface area contributed by atoms with E-state index in [0.29, 0.717) is 0 Å². The van der Waals surface area contributed by atoms with Gasteiger partial charge in [-0.2, -0.15) is 0 Å². The predicted octanol–water partition coefficient (Wildman–Crippen LogP) is 5.20. The minimum absolute atomic E-state index is 0.449. The van der Waals surface area contributed by atoms with E-state index in [2.05, 4.69) is 57.4 Å². The van der Waals surface area contributed by atoms with Crippen molar-refractivity contribution in [3.8, 4) is 0 Å². The molecule has 2 atom stereocenters. The average molecular weight is 454 g/mol. The van der Waals surface area contributed by atoms with Gasteiger partial charge in [0, 0.05) is 36.9 Å². The molecule has 2 aromatic rings. The Morgan fingerprint density at radius 2 is 1.66 bits per heavy atom. The molecule has 6 heteroatoms. The summed E-state index contributed by atoms with van der Waals surface area (Å²) in [7, 11) is 0. The first-order chi connectivity index (χ1) is 15.6. The molecule has 1 saturated carbocycles. The molecular weight excluding hydrogens is 422 g/mol. The second-order valence-electron chi connectivity index (χ2n) is 8.56. The van der Waals surface area contributed by atoms with Crippen LogP contribution in [-0.2, 0) is 4.84 Å². The maximum absolute atomic E-state index is 10.4. The van der Waals surface area contributed by atoms with Gasteiger partial charge in [0.2, 0.25) is 6.23 Å². The van der Waals surface area contributed by atoms with Gasteiger partial charge in [0.1, 0.15) is 6.10 Å². The van der Waals surface area contributed by atoms with Crippen molar-refractivity contribution in [2.24, 2.45) is 5.16 Å². The van der Waals surface area contributed by atoms with E-state index < -0.39 is 12.3 Å². The molecule has 4 rings (SSSR count). The number of hydrogen-bond donors (Lipinski definition) is 1. The molecule has 1 heterocycles. The smallest absolute Gasteiger partial charge is 0.207 e. The number of halogens is 1. The average Bonchev–Trinajstić information content (AvgIpc) is 2.82. The van der Waals surface area contributed by atoms with Crippen LogP contribution in [0, 0.1) is 0 Å². The van der Waals surface area contributed by atoms with Crippen LogP contribution in [0.2, 0.25) is 5.02 Å². The highest BCUT2D eigenvalue weighted by atomic mass is 35.5. The lowest BCUT2D eigenvalue weighted by Crippen LogP contribution is -2.54. The molecule has 32 heavy (non-hydrogen) atoms. The highest BCUT2D eigenvalue weighted by Crippen LogP contribution is 2.25. The standard InChI is InChI=1S/C26H32ClN3O2/c1-20(31)26(30-17-15-29(16-18-30)24-13-11-23(27)12-14-24)32-28-25-10-6-5-9-22(25)19-21-7-3-2-4-8-21/h2-4,7-8,11-14,19-20,26,31H,5-6,9-10,15-18H2,1H3/b22-19+,28-25+/t20-,26+/m1/s1. The third kappa shape index (κ3) is 5.91. The largest absolute Gasteiger partial charge is 0.388 e. The van der Waals surface area contributed by atoms with Gasteiger partial charge >= 0.3 is 0 Å². The van der Waals surface area contributed by atoms with E-state index in [-0.39, 0.29) is 0 Å². The molecule has 5 nitrogen and oxygen atoms in total. The van der Waals surface area contributed by atoms with E-state index in [1.807, 2.05) is 18.2 Å². The molecule has 0 aromatic heterocycles. The van der Waals surface area contributed by atoms with Gasteiger partial charge in [0.25, 0.3) is 0 Å². The summed E-state index contributed by atoms with van der Waals surface area (Å²) in [6.45, 7) is 5.11. The van der Waals surface area contributed by atoms with E-state index in [9.17, 15) is 5.11 Å². The lowest BCUT2D eigenvalue weighted by atomic mass is 9.91. The van der Waals surface area contributed by atoms with E-state index in [1.54, 1.807) is 6.92 Å². The molecule has 0 unspecified atom stereocenters. The van der Waals surface area contributed by atoms with Gasteiger partial charge in [-0.05, 0) is 74.1 Å². The van der Waals surface area contributed by atoms with E-state index in [4.69, 9.17) is 16.4 Å². The monoisotopic (exact) mass is 453 g/mol. The summed E-state index contributed by atoms with van der Waals surface area (Å²) in [6, 6.07) is 18.3. The lowest BCUT2D eigenvalue weighted by Gasteiger charge is -2.39. The molecular formula is C26H32ClN3O2. The summed E-state index contributed by atoms with van der Waals surface area (Å²) in [5, 5.41) is 15.7. The fraction of sp³-hybridized carbons (Fsp3) is 0.423. The number of aliphatic hydroxyl groups is 1. The van der Waals surface area contributed by atoms with Crippen molar-refractivity contribution < 1.29 is 9.94 Å². The first-order valence-corrected chi connectivity index (χ1v) is 11.9. The second kappa shape index (κ2) is 11.0. The lowest BCUT2D eigenvalue weighted by molar-refractivity contribution is -0.120. The Labute approximate surface area is 195 Å². The maximum Gasteiger partial charge on any atom is 0.207 e. The van der Waals surface area contributed by atoms with Crippen molar-refractivity contribution in [2.75, 3.05) is 31.1 Å². The van der Waals surface area contributed by atoms with Gasteiger partial charge in [-0.25, -0.2) is 0 Å². The van der Waals surface area contributed by atoms with Gasteiger partial charge in [-0.15, -0.1) is 0 Å². The normalized spacial score (nSPS) is 22.2. The minimum Gasteiger partial charge on any atom is -0.388 e. The van der Waals surface area contributed by atoms with Crippen LogP contribution >= 0.6 is 11.6 Å². The topological polar surface area (TPSA) is 48.3 Å². The van der Waals surface area contributed by atoms with E-state index >= 15 is 0 Å². The third-order valence-corrected chi connectivity index (χ3v) is 6.42. The SMILES string of the molecule is C[C@@H](O)[C@H](O/N=C1\CCCC\C1=C/c1ccccc1)N1CCN(c2ccc(Cl)cc2)CC1. The highest BCUT2D eigenvalue weighted by Gasteiger charge is 2.29. The quantitative estimate of drug-likeness (QED) is 0.611. The van der Waals surface area contributed by atoms with Crippen molar-refractivity contribution in [3.05, 3.63) is 70.8 Å². The van der Waals surface area contributed by atoms with Gasteiger partial charge in [0.15, 0.2) is 0 Å². The number of anilines is 1. The van der Waals surface area contributed by atoms with Crippen LogP contribution in [-0.4, -0.2) is 54.2 Å². The number of oxime groups is 1. The van der Waals surface area contributed by atoms with Crippen molar-refractivity contribution in [2.45, 2.75) is 44.9 Å². The Balaban J connectivity index is 1.41. The molecule has 1 saturated heterocycles. The number of rotatable bonds is 6. The minimum atomic E-state index is -0.633. The third-order valence-electron chi connectivity index (χ3n) is 6.17. The van der Waals surface area contributed by atoms with Crippen molar-refractivity contribution in [1.82, 2.24) is 4.90 Å². The number of allylic oxidation sites excluding steroid dienone is 1. The Morgan fingerprint density at radius 3 is 2.34 bits per heavy atom. The summed E-state index contributed by atoms with van der Waals surface area (Å²) in [4.78, 5) is 10.5. The molecule has 0 bridgehead atoms. The molecule has 2 aromatic carbocycles. The Kier molecular flexibility index (Phi) is 7.85. The van der Waals surface area contributed by atoms with Gasteiger partial charge in [0.05, 0.1) is 5.71 Å². The van der Waals surface area contributed by atoms with Crippen molar-refractivity contribution in [1.29, 1.82) is 0 Å². The molecule has 0 spiro atoms. The number of benzene rings is 2. The number of piperazine rings is 1. The maximum atomic E-state index is 10.4. The molecule has 1 N–H and O–H groups in total. The van der Waals surface area contributed by atoms with Crippen LogP contribution < -0.4 is 4.90 Å². The molecule has 1 aliphatic carbocycles. The van der Waals surface area contributed by atoms with Gasteiger partial charge < -0.3 is 14.8 Å². The molecule has 0 radical (unpaired) electrons. The van der Waals surface area contributed by atoms with Crippen LogP contribution in [0.5, 0.6) is 0 Å². The highest BCUT2D eigenvalue weighted by molar-refractivity contribution is 6.30. The fourth-order valence-corrected chi connectivity index (χ4v) is 4.51. The second-order valence-corrected chi connectivity index (χ2v) is 9.00. The molecule has 2 fully saturated rings. The Morgan fingerprint density at radius 1 is 0.969 bits per heavy atom. The zero-order chi connectivity index (χ0) is 22.3. The Bertz CT molecular complexity index is 920. The zero-order valence-corrected chi connectivity index (χ0v) is 19.4. The zero-order valence-electron chi connectivity index (χ0n) is 18.7. The van der Waals surface area contributed by atoms with Crippen LogP contribution in [0.4, 0.5) is 5.69 Å². The number of hydrogen-bond acceptors (Lipinski definition) is 5. The van der Waals surface area contributed by atoms with Crippen LogP contribution in [0.3, 0.4) is 0 Å². The number of nitrogens with zero attached hydrogens (tertiary/aromatic N) is 3. The van der Waals surface area contributed by atoms with E-state index in [0.717, 1.165) is 56.2 Å².